The van der Waals surface area contributed by atoms with Crippen molar-refractivity contribution in [3.63, 3.8) is 0 Å². The van der Waals surface area contributed by atoms with Gasteiger partial charge in [-0.3, -0.25) is 14.6 Å². The van der Waals surface area contributed by atoms with E-state index in [1.807, 2.05) is 12.1 Å². The van der Waals surface area contributed by atoms with E-state index in [1.165, 1.54) is 5.56 Å². The fraction of sp³-hybridized carbons (Fsp3) is 0.588. The van der Waals surface area contributed by atoms with Crippen LogP contribution in [-0.4, -0.2) is 53.1 Å². The van der Waals surface area contributed by atoms with Gasteiger partial charge in [0.2, 0.25) is 0 Å². The predicted octanol–water partition coefficient (Wildman–Crippen LogP) is 2.40. The third-order valence-corrected chi connectivity index (χ3v) is 4.51. The summed E-state index contributed by atoms with van der Waals surface area (Å²) in [5.74, 6) is -1.21. The van der Waals surface area contributed by atoms with Crippen molar-refractivity contribution < 1.29 is 9.90 Å². The van der Waals surface area contributed by atoms with E-state index in [4.69, 9.17) is 5.11 Å². The minimum Gasteiger partial charge on any atom is -0.481 e. The monoisotopic (exact) mass is 290 g/mol. The molecule has 0 aromatic heterocycles. The van der Waals surface area contributed by atoms with Crippen molar-refractivity contribution in [3.8, 4) is 0 Å². The zero-order valence-corrected chi connectivity index (χ0v) is 13.2. The summed E-state index contributed by atoms with van der Waals surface area (Å²) in [5.41, 5.74) is 2.13. The minimum atomic E-state index is -0.771. The zero-order chi connectivity index (χ0) is 15.4. The average Bonchev–Trinajstić information content (AvgIpc) is 2.47. The maximum Gasteiger partial charge on any atom is 0.310 e. The zero-order valence-electron chi connectivity index (χ0n) is 13.2. The van der Waals surface area contributed by atoms with Gasteiger partial charge in [0.15, 0.2) is 0 Å². The van der Waals surface area contributed by atoms with Crippen LogP contribution in [0.5, 0.6) is 0 Å². The van der Waals surface area contributed by atoms with Gasteiger partial charge in [-0.25, -0.2) is 0 Å². The molecule has 1 aromatic carbocycles. The molecule has 4 heteroatoms. The Balaban J connectivity index is 1.93. The molecule has 2 unspecified atom stereocenters. The lowest BCUT2D eigenvalue weighted by Gasteiger charge is -2.39. The lowest BCUT2D eigenvalue weighted by molar-refractivity contribution is -0.138. The average molecular weight is 290 g/mol. The Labute approximate surface area is 127 Å². The van der Waals surface area contributed by atoms with Gasteiger partial charge >= 0.3 is 5.97 Å². The summed E-state index contributed by atoms with van der Waals surface area (Å²) in [5, 5.41) is 9.03. The Hall–Kier alpha value is -1.39. The van der Waals surface area contributed by atoms with Crippen LogP contribution < -0.4 is 0 Å². The second-order valence-electron chi connectivity index (χ2n) is 6.01. The summed E-state index contributed by atoms with van der Waals surface area (Å²) in [4.78, 5) is 16.0. The molecular formula is C17H26N2O2. The van der Waals surface area contributed by atoms with Crippen LogP contribution in [0.1, 0.15) is 37.8 Å². The first-order valence-electron chi connectivity index (χ1n) is 7.79. The highest BCUT2D eigenvalue weighted by atomic mass is 16.4. The Morgan fingerprint density at radius 3 is 2.52 bits per heavy atom. The van der Waals surface area contributed by atoms with Gasteiger partial charge in [0, 0.05) is 32.2 Å². The summed E-state index contributed by atoms with van der Waals surface area (Å²) in [6, 6.07) is 8.62. The largest absolute Gasteiger partial charge is 0.481 e. The standard InChI is InChI=1S/C17H26N2O2/c1-4-19-10-9-18(11-13(19)2)12-15-5-7-16(8-6-15)14(3)17(20)21/h5-8,13-14H,4,9-12H2,1-3H3,(H,20,21). The van der Waals surface area contributed by atoms with Crippen molar-refractivity contribution in [1.29, 1.82) is 0 Å². The molecule has 116 valence electrons. The van der Waals surface area contributed by atoms with Crippen LogP contribution in [0.3, 0.4) is 0 Å². The fourth-order valence-corrected chi connectivity index (χ4v) is 3.00. The van der Waals surface area contributed by atoms with E-state index in [0.29, 0.717) is 6.04 Å². The molecule has 2 rings (SSSR count). The summed E-state index contributed by atoms with van der Waals surface area (Å²) in [6.07, 6.45) is 0. The van der Waals surface area contributed by atoms with Crippen molar-refractivity contribution in [2.75, 3.05) is 26.2 Å². The highest BCUT2D eigenvalue weighted by Crippen LogP contribution is 2.18. The third kappa shape index (κ3) is 4.05. The van der Waals surface area contributed by atoms with Crippen LogP contribution in [0.25, 0.3) is 0 Å². The summed E-state index contributed by atoms with van der Waals surface area (Å²) in [7, 11) is 0. The van der Waals surface area contributed by atoms with Gasteiger partial charge in [0.25, 0.3) is 0 Å². The van der Waals surface area contributed by atoms with E-state index in [0.717, 1.165) is 38.3 Å². The van der Waals surface area contributed by atoms with Crippen LogP contribution in [0.4, 0.5) is 0 Å². The number of hydrogen-bond acceptors (Lipinski definition) is 3. The minimum absolute atomic E-state index is 0.438. The van der Waals surface area contributed by atoms with E-state index in [9.17, 15) is 4.79 Å². The van der Waals surface area contributed by atoms with Gasteiger partial charge < -0.3 is 5.11 Å². The number of nitrogens with zero attached hydrogens (tertiary/aromatic N) is 2. The molecule has 0 saturated carbocycles. The van der Waals surface area contributed by atoms with Gasteiger partial charge in [0.1, 0.15) is 0 Å². The molecule has 1 aliphatic heterocycles. The van der Waals surface area contributed by atoms with E-state index in [2.05, 4.69) is 35.8 Å². The predicted molar refractivity (Wildman–Crippen MR) is 84.5 cm³/mol. The number of hydrogen-bond donors (Lipinski definition) is 1. The molecule has 21 heavy (non-hydrogen) atoms. The van der Waals surface area contributed by atoms with E-state index >= 15 is 0 Å². The summed E-state index contributed by atoms with van der Waals surface area (Å²) < 4.78 is 0. The van der Waals surface area contributed by atoms with Crippen LogP contribution in [-0.2, 0) is 11.3 Å². The molecule has 0 aliphatic carbocycles. The van der Waals surface area contributed by atoms with Crippen molar-refractivity contribution in [3.05, 3.63) is 35.4 Å². The number of carboxylic acids is 1. The Morgan fingerprint density at radius 1 is 1.33 bits per heavy atom. The molecule has 1 fully saturated rings. The number of aliphatic carboxylic acids is 1. The lowest BCUT2D eigenvalue weighted by atomic mass is 10.00. The summed E-state index contributed by atoms with van der Waals surface area (Å²) in [6.45, 7) is 11.6. The number of carbonyl (C=O) groups is 1. The SMILES string of the molecule is CCN1CCN(Cc2ccc(C(C)C(=O)O)cc2)CC1C. The van der Waals surface area contributed by atoms with Crippen molar-refractivity contribution in [2.24, 2.45) is 0 Å². The van der Waals surface area contributed by atoms with E-state index in [1.54, 1.807) is 6.92 Å². The second kappa shape index (κ2) is 7.05. The quantitative estimate of drug-likeness (QED) is 0.904. The first-order valence-corrected chi connectivity index (χ1v) is 7.79. The maximum atomic E-state index is 11.0. The van der Waals surface area contributed by atoms with Crippen LogP contribution >= 0.6 is 0 Å². The van der Waals surface area contributed by atoms with Gasteiger partial charge in [-0.2, -0.15) is 0 Å². The Morgan fingerprint density at radius 2 is 2.00 bits per heavy atom. The molecule has 0 radical (unpaired) electrons. The number of rotatable bonds is 5. The maximum absolute atomic E-state index is 11.0. The van der Waals surface area contributed by atoms with Crippen LogP contribution in [0.2, 0.25) is 0 Å². The number of piperazine rings is 1. The molecule has 2 atom stereocenters. The van der Waals surface area contributed by atoms with Gasteiger partial charge in [-0.05, 0) is 31.5 Å². The third-order valence-electron chi connectivity index (χ3n) is 4.51. The molecule has 0 bridgehead atoms. The summed E-state index contributed by atoms with van der Waals surface area (Å²) >= 11 is 0. The first-order chi connectivity index (χ1) is 10.0. The van der Waals surface area contributed by atoms with Crippen molar-refractivity contribution >= 4 is 5.97 Å². The fourth-order valence-electron chi connectivity index (χ4n) is 3.00. The number of likely N-dealkylation sites (N-methyl/N-ethyl adjacent to an activating group) is 1. The molecule has 0 amide bonds. The van der Waals surface area contributed by atoms with Crippen molar-refractivity contribution in [2.45, 2.75) is 39.3 Å². The smallest absolute Gasteiger partial charge is 0.310 e. The second-order valence-corrected chi connectivity index (χ2v) is 6.01. The van der Waals surface area contributed by atoms with Gasteiger partial charge in [-0.15, -0.1) is 0 Å². The molecule has 1 aromatic rings. The van der Waals surface area contributed by atoms with Gasteiger partial charge in [-0.1, -0.05) is 31.2 Å². The Bertz CT molecular complexity index is 472. The number of benzene rings is 1. The Kier molecular flexibility index (Phi) is 5.37. The molecule has 1 saturated heterocycles. The molecule has 4 nitrogen and oxygen atoms in total. The first kappa shape index (κ1) is 16.0. The molecule has 1 N–H and O–H groups in total. The normalized spacial score (nSPS) is 22.1. The van der Waals surface area contributed by atoms with Crippen LogP contribution in [0.15, 0.2) is 24.3 Å². The van der Waals surface area contributed by atoms with E-state index < -0.39 is 11.9 Å². The van der Waals surface area contributed by atoms with Crippen molar-refractivity contribution in [1.82, 2.24) is 9.80 Å². The highest BCUT2D eigenvalue weighted by molar-refractivity contribution is 5.75. The molecular weight excluding hydrogens is 264 g/mol. The number of carboxylic acid groups (broad SMARTS) is 1. The highest BCUT2D eigenvalue weighted by Gasteiger charge is 2.22. The topological polar surface area (TPSA) is 43.8 Å². The lowest BCUT2D eigenvalue weighted by Crippen LogP contribution is -2.51. The molecule has 1 aliphatic rings. The molecule has 1 heterocycles. The van der Waals surface area contributed by atoms with E-state index in [-0.39, 0.29) is 0 Å². The van der Waals surface area contributed by atoms with Gasteiger partial charge in [0.05, 0.1) is 5.92 Å². The van der Waals surface area contributed by atoms with Crippen LogP contribution in [0, 0.1) is 0 Å². The molecule has 0 spiro atoms.